The molecule has 130 valence electrons. The predicted octanol–water partition coefficient (Wildman–Crippen LogP) is 3.96. The molecule has 0 aliphatic carbocycles. The van der Waals surface area contributed by atoms with Gasteiger partial charge in [0.25, 0.3) is 0 Å². The van der Waals surface area contributed by atoms with E-state index in [4.69, 9.17) is 5.10 Å². The summed E-state index contributed by atoms with van der Waals surface area (Å²) in [6.07, 6.45) is 2.63. The molecule has 5 heteroatoms. The smallest absolute Gasteiger partial charge is 0.226 e. The number of benzene rings is 1. The third-order valence-corrected chi connectivity index (χ3v) is 5.24. The summed E-state index contributed by atoms with van der Waals surface area (Å²) in [6.45, 7) is 5.06. The Morgan fingerprint density at radius 3 is 2.88 bits per heavy atom. The molecule has 0 saturated heterocycles. The van der Waals surface area contributed by atoms with Crippen LogP contribution in [0.1, 0.15) is 49.1 Å². The maximum absolute atomic E-state index is 12.4. The number of hydrogen-bond donors (Lipinski definition) is 1. The van der Waals surface area contributed by atoms with Crippen LogP contribution in [0.15, 0.2) is 30.3 Å². The highest BCUT2D eigenvalue weighted by atomic mass is 16.1. The van der Waals surface area contributed by atoms with Gasteiger partial charge in [-0.25, -0.2) is 4.68 Å². The molecule has 5 nitrogen and oxygen atoms in total. The van der Waals surface area contributed by atoms with Crippen LogP contribution in [-0.2, 0) is 18.4 Å². The molecule has 25 heavy (non-hydrogen) atoms. The van der Waals surface area contributed by atoms with Gasteiger partial charge in [-0.1, -0.05) is 31.5 Å². The van der Waals surface area contributed by atoms with E-state index in [1.54, 1.807) is 0 Å². The fourth-order valence-corrected chi connectivity index (χ4v) is 3.98. The number of para-hydroxylation sites is 1. The van der Waals surface area contributed by atoms with Gasteiger partial charge in [0.1, 0.15) is 5.82 Å². The van der Waals surface area contributed by atoms with Crippen molar-refractivity contribution in [2.45, 2.75) is 45.6 Å². The van der Waals surface area contributed by atoms with Crippen molar-refractivity contribution in [3.63, 3.8) is 0 Å². The molecule has 1 aromatic carbocycles. The van der Waals surface area contributed by atoms with Gasteiger partial charge >= 0.3 is 0 Å². The van der Waals surface area contributed by atoms with Gasteiger partial charge in [-0.15, -0.1) is 0 Å². The number of nitrogens with zero attached hydrogens (tertiary/aromatic N) is 3. The summed E-state index contributed by atoms with van der Waals surface area (Å²) >= 11 is 0. The zero-order valence-electron chi connectivity index (χ0n) is 15.0. The number of carbonyl (C=O) groups is 1. The zero-order valence-corrected chi connectivity index (χ0v) is 15.0. The monoisotopic (exact) mass is 336 g/mol. The van der Waals surface area contributed by atoms with E-state index in [2.05, 4.69) is 61.1 Å². The minimum atomic E-state index is 0.0523. The molecule has 2 aromatic heterocycles. The Kier molecular flexibility index (Phi) is 3.86. The van der Waals surface area contributed by atoms with Gasteiger partial charge in [0.2, 0.25) is 5.91 Å². The van der Waals surface area contributed by atoms with Crippen molar-refractivity contribution in [3.8, 4) is 0 Å². The van der Waals surface area contributed by atoms with E-state index in [9.17, 15) is 4.79 Å². The summed E-state index contributed by atoms with van der Waals surface area (Å²) in [5.41, 5.74) is 4.56. The van der Waals surface area contributed by atoms with E-state index < -0.39 is 0 Å². The molecule has 0 saturated carbocycles. The summed E-state index contributed by atoms with van der Waals surface area (Å²) in [5.74, 6) is 1.01. The lowest BCUT2D eigenvalue weighted by Crippen LogP contribution is -2.26. The fraction of sp³-hybridized carbons (Fsp3) is 0.400. The van der Waals surface area contributed by atoms with Gasteiger partial charge in [-0.2, -0.15) is 5.10 Å². The number of aromatic nitrogens is 3. The highest BCUT2D eigenvalue weighted by Gasteiger charge is 2.33. The van der Waals surface area contributed by atoms with Crippen molar-refractivity contribution in [2.75, 3.05) is 5.32 Å². The Balaban J connectivity index is 1.85. The average molecular weight is 336 g/mol. The highest BCUT2D eigenvalue weighted by Crippen LogP contribution is 2.40. The number of anilines is 1. The van der Waals surface area contributed by atoms with Gasteiger partial charge in [0.15, 0.2) is 0 Å². The molecule has 3 aromatic rings. The Labute approximate surface area is 147 Å². The van der Waals surface area contributed by atoms with E-state index in [1.165, 1.54) is 22.2 Å². The van der Waals surface area contributed by atoms with Gasteiger partial charge < -0.3 is 9.88 Å². The van der Waals surface area contributed by atoms with Crippen molar-refractivity contribution in [2.24, 2.45) is 7.05 Å². The molecule has 1 aliphatic heterocycles. The fourth-order valence-electron chi connectivity index (χ4n) is 3.98. The normalized spacial score (nSPS) is 16.9. The van der Waals surface area contributed by atoms with E-state index in [-0.39, 0.29) is 11.8 Å². The number of unbranched alkanes of at least 4 members (excludes halogenated alkanes) is 1. The van der Waals surface area contributed by atoms with E-state index in [1.807, 2.05) is 4.68 Å². The molecule has 0 spiro atoms. The first-order valence-corrected chi connectivity index (χ1v) is 9.01. The average Bonchev–Trinajstić information content (AvgIpc) is 3.10. The molecular weight excluding hydrogens is 312 g/mol. The second-order valence-corrected chi connectivity index (χ2v) is 6.92. The van der Waals surface area contributed by atoms with Crippen LogP contribution < -0.4 is 5.32 Å². The second-order valence-electron chi connectivity index (χ2n) is 6.92. The zero-order chi connectivity index (χ0) is 17.6. The van der Waals surface area contributed by atoms with Crippen molar-refractivity contribution in [1.82, 2.24) is 14.3 Å². The van der Waals surface area contributed by atoms with Gasteiger partial charge in [0, 0.05) is 42.7 Å². The van der Waals surface area contributed by atoms with Crippen LogP contribution in [0.4, 0.5) is 5.82 Å². The molecule has 1 unspecified atom stereocenters. The van der Waals surface area contributed by atoms with E-state index >= 15 is 0 Å². The van der Waals surface area contributed by atoms with Crippen molar-refractivity contribution >= 4 is 22.6 Å². The minimum Gasteiger partial charge on any atom is -0.347 e. The maximum Gasteiger partial charge on any atom is 0.226 e. The van der Waals surface area contributed by atoms with Crippen LogP contribution in [0.2, 0.25) is 0 Å². The Morgan fingerprint density at radius 2 is 2.12 bits per heavy atom. The number of hydrogen-bond acceptors (Lipinski definition) is 2. The van der Waals surface area contributed by atoms with Crippen LogP contribution in [0.5, 0.6) is 0 Å². The van der Waals surface area contributed by atoms with Crippen LogP contribution in [0.3, 0.4) is 0 Å². The van der Waals surface area contributed by atoms with Gasteiger partial charge in [-0.05, 0) is 30.9 Å². The Morgan fingerprint density at radius 1 is 1.32 bits per heavy atom. The van der Waals surface area contributed by atoms with Crippen molar-refractivity contribution in [1.29, 1.82) is 0 Å². The first-order chi connectivity index (χ1) is 12.1. The van der Waals surface area contributed by atoms with Crippen LogP contribution in [0, 0.1) is 6.92 Å². The molecular formula is C20H24N4O. The standard InChI is InChI=1S/C20H24N4O/c1-4-5-10-24-20-19(13(2)22-24)15(12-18(25)21-20)17-11-14-8-6-7-9-16(14)23(17)3/h6-9,11,15H,4-5,10,12H2,1-3H3,(H,21,25). The highest BCUT2D eigenvalue weighted by molar-refractivity contribution is 5.95. The van der Waals surface area contributed by atoms with Crippen molar-refractivity contribution in [3.05, 3.63) is 47.3 Å². The van der Waals surface area contributed by atoms with E-state index in [0.717, 1.165) is 30.9 Å². The van der Waals surface area contributed by atoms with E-state index in [0.29, 0.717) is 6.42 Å². The summed E-state index contributed by atoms with van der Waals surface area (Å²) in [7, 11) is 2.08. The Bertz CT molecular complexity index is 950. The third kappa shape index (κ3) is 2.54. The van der Waals surface area contributed by atoms with Gasteiger partial charge in [0.05, 0.1) is 5.69 Å². The van der Waals surface area contributed by atoms with Crippen molar-refractivity contribution < 1.29 is 4.79 Å². The number of rotatable bonds is 4. The predicted molar refractivity (Wildman–Crippen MR) is 99.9 cm³/mol. The molecule has 3 heterocycles. The molecule has 1 atom stereocenters. The largest absolute Gasteiger partial charge is 0.347 e. The lowest BCUT2D eigenvalue weighted by molar-refractivity contribution is -0.116. The summed E-state index contributed by atoms with van der Waals surface area (Å²) in [5, 5.41) is 8.99. The lowest BCUT2D eigenvalue weighted by atomic mass is 9.89. The Hall–Kier alpha value is -2.56. The molecule has 4 rings (SSSR count). The molecule has 1 amide bonds. The van der Waals surface area contributed by atoms with Crippen LogP contribution in [0.25, 0.3) is 10.9 Å². The first kappa shape index (κ1) is 15.9. The van der Waals surface area contributed by atoms with Crippen LogP contribution in [-0.4, -0.2) is 20.3 Å². The van der Waals surface area contributed by atoms with Crippen LogP contribution >= 0.6 is 0 Å². The lowest BCUT2D eigenvalue weighted by Gasteiger charge is -2.24. The summed E-state index contributed by atoms with van der Waals surface area (Å²) in [6, 6.07) is 10.6. The number of carbonyl (C=O) groups excluding carboxylic acids is 1. The molecule has 0 bridgehead atoms. The SMILES string of the molecule is CCCCn1nc(C)c2c1NC(=O)CC2c1cc2ccccc2n1C. The molecule has 1 N–H and O–H groups in total. The number of nitrogens with one attached hydrogen (secondary N) is 1. The quantitative estimate of drug-likeness (QED) is 0.784. The summed E-state index contributed by atoms with van der Waals surface area (Å²) in [4.78, 5) is 12.4. The first-order valence-electron chi connectivity index (χ1n) is 9.01. The van der Waals surface area contributed by atoms with Gasteiger partial charge in [-0.3, -0.25) is 4.79 Å². The summed E-state index contributed by atoms with van der Waals surface area (Å²) < 4.78 is 4.19. The minimum absolute atomic E-state index is 0.0523. The number of aryl methyl sites for hydroxylation is 3. The number of fused-ring (bicyclic) bond motifs is 2. The molecule has 1 aliphatic rings. The molecule has 0 fully saturated rings. The second kappa shape index (κ2) is 6.06. The number of amides is 1. The topological polar surface area (TPSA) is 51.9 Å². The maximum atomic E-state index is 12.4. The molecule has 0 radical (unpaired) electrons. The third-order valence-electron chi connectivity index (χ3n) is 5.24.